The molecule has 8 heteroatoms. The quantitative estimate of drug-likeness (QED) is 0.405. The fourth-order valence-electron chi connectivity index (χ4n) is 4.29. The summed E-state index contributed by atoms with van der Waals surface area (Å²) >= 11 is 0. The number of nitrogens with one attached hydrogen (secondary N) is 1. The average molecular weight is 474 g/mol. The van der Waals surface area contributed by atoms with E-state index in [2.05, 4.69) is 9.88 Å². The number of ether oxygens (including phenoxy) is 1. The third kappa shape index (κ3) is 4.82. The van der Waals surface area contributed by atoms with Crippen LogP contribution in [-0.2, 0) is 6.29 Å². The highest BCUT2D eigenvalue weighted by molar-refractivity contribution is 7.33. The highest BCUT2D eigenvalue weighted by Crippen LogP contribution is 2.31. The molecule has 174 valence electrons. The Morgan fingerprint density at radius 1 is 1.00 bits per heavy atom. The van der Waals surface area contributed by atoms with Gasteiger partial charge in [-0.2, -0.15) is 0 Å². The molecule has 2 heterocycles. The van der Waals surface area contributed by atoms with Crippen LogP contribution in [0.5, 0.6) is 11.5 Å². The lowest BCUT2D eigenvalue weighted by molar-refractivity contribution is 0.0766. The lowest BCUT2D eigenvalue weighted by Gasteiger charge is -2.19. The average Bonchev–Trinajstić information content (AvgIpc) is 3.03. The van der Waals surface area contributed by atoms with Gasteiger partial charge in [-0.15, -0.1) is 0 Å². The van der Waals surface area contributed by atoms with E-state index in [4.69, 9.17) is 15.2 Å². The predicted molar refractivity (Wildman–Crippen MR) is 138 cm³/mol. The molecule has 1 aliphatic heterocycles. The van der Waals surface area contributed by atoms with Crippen LogP contribution in [0.15, 0.2) is 72.8 Å². The third-order valence-electron chi connectivity index (χ3n) is 5.94. The lowest BCUT2D eigenvalue weighted by atomic mass is 10.1. The van der Waals surface area contributed by atoms with Crippen LogP contribution in [0.4, 0.5) is 0 Å². The summed E-state index contributed by atoms with van der Waals surface area (Å²) in [4.78, 5) is 20.0. The fourth-order valence-corrected chi connectivity index (χ4v) is 4.79. The summed E-state index contributed by atoms with van der Waals surface area (Å²) in [6.07, 6.45) is 1.62. The molecule has 0 spiro atoms. The zero-order chi connectivity index (χ0) is 23.3. The van der Waals surface area contributed by atoms with Crippen LogP contribution >= 0.6 is 8.73 Å². The van der Waals surface area contributed by atoms with Crippen molar-refractivity contribution in [3.63, 3.8) is 0 Å². The Labute approximate surface area is 200 Å². The second kappa shape index (κ2) is 10.3. The maximum Gasteiger partial charge on any atom is 0.253 e. The largest absolute Gasteiger partial charge is 0.457 e. The molecule has 1 atom stereocenters. The molecule has 1 unspecified atom stereocenters. The molecule has 34 heavy (non-hydrogen) atoms. The normalized spacial score (nSPS) is 14.6. The molecule has 3 aromatic carbocycles. The van der Waals surface area contributed by atoms with Crippen molar-refractivity contribution in [1.29, 1.82) is 0 Å². The van der Waals surface area contributed by atoms with Crippen molar-refractivity contribution in [1.82, 2.24) is 19.8 Å². The molecule has 0 saturated carbocycles. The minimum Gasteiger partial charge on any atom is -0.457 e. The van der Waals surface area contributed by atoms with E-state index in [0.717, 1.165) is 66.5 Å². The molecule has 0 aliphatic carbocycles. The summed E-state index contributed by atoms with van der Waals surface area (Å²) < 4.78 is 8.15. The van der Waals surface area contributed by atoms with Gasteiger partial charge in [-0.05, 0) is 64.2 Å². The van der Waals surface area contributed by atoms with Crippen LogP contribution in [-0.4, -0.2) is 46.5 Å². The second-order valence-electron chi connectivity index (χ2n) is 8.27. The number of fused-ring (bicyclic) bond motifs is 1. The van der Waals surface area contributed by atoms with Gasteiger partial charge in [0.2, 0.25) is 0 Å². The van der Waals surface area contributed by atoms with E-state index < -0.39 is 0 Å². The smallest absolute Gasteiger partial charge is 0.253 e. The van der Waals surface area contributed by atoms with Crippen molar-refractivity contribution >= 4 is 25.7 Å². The van der Waals surface area contributed by atoms with Crippen molar-refractivity contribution in [2.24, 2.45) is 5.50 Å². The monoisotopic (exact) mass is 473 g/mol. The van der Waals surface area contributed by atoms with Gasteiger partial charge in [0.15, 0.2) is 0 Å². The van der Waals surface area contributed by atoms with E-state index in [-0.39, 0.29) is 14.6 Å². The Morgan fingerprint density at radius 3 is 2.71 bits per heavy atom. The van der Waals surface area contributed by atoms with Crippen molar-refractivity contribution < 1.29 is 9.53 Å². The molecule has 3 N–H and O–H groups in total. The number of hydrogen-bond acceptors (Lipinski definition) is 5. The highest BCUT2D eigenvalue weighted by Gasteiger charge is 2.20. The van der Waals surface area contributed by atoms with Crippen LogP contribution < -0.4 is 15.6 Å². The molecule has 1 saturated heterocycles. The van der Waals surface area contributed by atoms with Gasteiger partial charge in [-0.25, -0.2) is 4.98 Å². The summed E-state index contributed by atoms with van der Waals surface area (Å²) in [7, 11) is 0.237. The Balaban J connectivity index is 1.49. The Kier molecular flexibility index (Phi) is 6.86. The first kappa shape index (κ1) is 22.5. The van der Waals surface area contributed by atoms with E-state index in [1.165, 1.54) is 0 Å². The van der Waals surface area contributed by atoms with Gasteiger partial charge >= 0.3 is 0 Å². The number of amides is 1. The number of nitrogens with two attached hydrogens (primary N) is 1. The van der Waals surface area contributed by atoms with Crippen molar-refractivity contribution in [2.45, 2.75) is 12.7 Å². The SMILES string of the molecule is NPCn1c(-c2cccc(Oc3ccccc3)c2)nc2cc(C(=O)N3CCCNCC3)ccc21. The molecule has 1 aliphatic rings. The maximum absolute atomic E-state index is 13.1. The van der Waals surface area contributed by atoms with Crippen LogP contribution in [0.2, 0.25) is 0 Å². The Morgan fingerprint density at radius 2 is 1.85 bits per heavy atom. The van der Waals surface area contributed by atoms with E-state index in [1.807, 2.05) is 77.7 Å². The molecule has 4 aromatic rings. The second-order valence-corrected chi connectivity index (χ2v) is 8.99. The maximum atomic E-state index is 13.1. The van der Waals surface area contributed by atoms with Crippen molar-refractivity contribution in [3.8, 4) is 22.9 Å². The zero-order valence-corrected chi connectivity index (χ0v) is 19.9. The van der Waals surface area contributed by atoms with Gasteiger partial charge in [-0.1, -0.05) is 30.3 Å². The van der Waals surface area contributed by atoms with E-state index in [9.17, 15) is 4.79 Å². The van der Waals surface area contributed by atoms with Crippen LogP contribution in [0.25, 0.3) is 22.4 Å². The van der Waals surface area contributed by atoms with E-state index in [1.54, 1.807) is 0 Å². The number of para-hydroxylation sites is 1. The molecule has 0 bridgehead atoms. The summed E-state index contributed by atoms with van der Waals surface area (Å²) in [6.45, 7) is 3.26. The first-order chi connectivity index (χ1) is 16.7. The molecular weight excluding hydrogens is 445 g/mol. The summed E-state index contributed by atoms with van der Waals surface area (Å²) in [5.74, 6) is 2.39. The molecule has 7 nitrogen and oxygen atoms in total. The molecule has 5 rings (SSSR count). The lowest BCUT2D eigenvalue weighted by Crippen LogP contribution is -2.34. The number of carbonyl (C=O) groups excluding carboxylic acids is 1. The molecule has 1 amide bonds. The Hall–Kier alpha value is -3.25. The van der Waals surface area contributed by atoms with Gasteiger partial charge in [0.05, 0.1) is 17.3 Å². The number of benzene rings is 3. The molecule has 0 radical (unpaired) electrons. The van der Waals surface area contributed by atoms with Gasteiger partial charge in [-0.3, -0.25) is 4.79 Å². The summed E-state index contributed by atoms with van der Waals surface area (Å²) in [6, 6.07) is 23.4. The minimum absolute atomic E-state index is 0.0562. The van der Waals surface area contributed by atoms with Crippen LogP contribution in [0.3, 0.4) is 0 Å². The van der Waals surface area contributed by atoms with Gasteiger partial charge in [0.25, 0.3) is 5.91 Å². The number of imidazole rings is 1. The molecular formula is C26H28N5O2P. The number of hydrogen-bond donors (Lipinski definition) is 2. The first-order valence-corrected chi connectivity index (χ1v) is 12.8. The van der Waals surface area contributed by atoms with Crippen LogP contribution in [0.1, 0.15) is 16.8 Å². The van der Waals surface area contributed by atoms with Crippen molar-refractivity contribution in [3.05, 3.63) is 78.4 Å². The third-order valence-corrected chi connectivity index (χ3v) is 6.44. The standard InChI is InChI=1S/C26H28N5O2P/c27-34-18-31-24-11-10-20(26(32)30-14-5-12-28-13-15-30)17-23(24)29-25(31)19-6-4-9-22(16-19)33-21-7-2-1-3-8-21/h1-4,6-11,16-17,28,34H,5,12-15,18,27H2. The van der Waals surface area contributed by atoms with Gasteiger partial charge in [0.1, 0.15) is 17.3 Å². The summed E-state index contributed by atoms with van der Waals surface area (Å²) in [5.41, 5.74) is 9.34. The van der Waals surface area contributed by atoms with Crippen LogP contribution in [0, 0.1) is 0 Å². The highest BCUT2D eigenvalue weighted by atomic mass is 31.1. The fraction of sp³-hybridized carbons (Fsp3) is 0.231. The van der Waals surface area contributed by atoms with Gasteiger partial charge in [0, 0.05) is 30.8 Å². The first-order valence-electron chi connectivity index (χ1n) is 11.5. The molecule has 1 aromatic heterocycles. The zero-order valence-electron chi connectivity index (χ0n) is 18.9. The summed E-state index contributed by atoms with van der Waals surface area (Å²) in [5, 5.41) is 3.35. The number of rotatable bonds is 6. The van der Waals surface area contributed by atoms with E-state index in [0.29, 0.717) is 11.8 Å². The molecule has 1 fully saturated rings. The van der Waals surface area contributed by atoms with Gasteiger partial charge < -0.3 is 25.0 Å². The Bertz CT molecular complexity index is 1280. The topological polar surface area (TPSA) is 85.4 Å². The minimum atomic E-state index is 0.0562. The number of carbonyl (C=O) groups is 1. The number of nitrogens with zero attached hydrogens (tertiary/aromatic N) is 3. The number of aromatic nitrogens is 2. The predicted octanol–water partition coefficient (Wildman–Crippen LogP) is 4.44. The van der Waals surface area contributed by atoms with Crippen molar-refractivity contribution in [2.75, 3.05) is 26.2 Å². The van der Waals surface area contributed by atoms with E-state index >= 15 is 0 Å².